The number of nitrogens with zero attached hydrogens (tertiary/aromatic N) is 2. The molecule has 1 saturated carbocycles. The molecule has 0 amide bonds. The van der Waals surface area contributed by atoms with Gasteiger partial charge >= 0.3 is 5.97 Å². The number of aliphatic carboxylic acids is 1. The Labute approximate surface area is 110 Å². The van der Waals surface area contributed by atoms with Gasteiger partial charge in [-0.05, 0) is 32.2 Å². The van der Waals surface area contributed by atoms with E-state index in [-0.39, 0.29) is 5.92 Å². The fourth-order valence-electron chi connectivity index (χ4n) is 2.75. The van der Waals surface area contributed by atoms with Crippen molar-refractivity contribution in [2.45, 2.75) is 36.4 Å². The highest BCUT2D eigenvalue weighted by atomic mass is 32.2. The minimum Gasteiger partial charge on any atom is -0.480 e. The van der Waals surface area contributed by atoms with Crippen LogP contribution < -0.4 is 5.32 Å². The summed E-state index contributed by atoms with van der Waals surface area (Å²) < 4.78 is 0. The molecule has 1 aliphatic rings. The van der Waals surface area contributed by atoms with Crippen LogP contribution in [-0.4, -0.2) is 44.6 Å². The van der Waals surface area contributed by atoms with Crippen molar-refractivity contribution < 1.29 is 9.90 Å². The Morgan fingerprint density at radius 1 is 1.78 bits per heavy atom. The highest BCUT2D eigenvalue weighted by molar-refractivity contribution is 7.99. The lowest BCUT2D eigenvalue weighted by Crippen LogP contribution is -2.53. The van der Waals surface area contributed by atoms with Crippen LogP contribution >= 0.6 is 11.8 Å². The maximum Gasteiger partial charge on any atom is 0.324 e. The van der Waals surface area contributed by atoms with Crippen molar-refractivity contribution in [3.8, 4) is 0 Å². The van der Waals surface area contributed by atoms with Gasteiger partial charge in [0.15, 0.2) is 5.16 Å². The van der Waals surface area contributed by atoms with Crippen LogP contribution in [0.3, 0.4) is 0 Å². The Balaban J connectivity index is 1.89. The third-order valence-electron chi connectivity index (χ3n) is 3.75. The monoisotopic (exact) mass is 270 g/mol. The first-order chi connectivity index (χ1) is 8.69. The van der Waals surface area contributed by atoms with E-state index >= 15 is 0 Å². The number of rotatable bonds is 6. The Morgan fingerprint density at radius 3 is 3.22 bits per heavy atom. The first-order valence-electron chi connectivity index (χ1n) is 6.09. The van der Waals surface area contributed by atoms with Gasteiger partial charge in [0.2, 0.25) is 0 Å². The zero-order valence-electron chi connectivity index (χ0n) is 10.3. The predicted molar refractivity (Wildman–Crippen MR) is 68.5 cm³/mol. The molecule has 0 saturated heterocycles. The molecule has 6 nitrogen and oxygen atoms in total. The number of aromatic nitrogens is 3. The molecule has 2 rings (SSSR count). The fraction of sp³-hybridized carbons (Fsp3) is 0.727. The number of likely N-dealkylation sites (N-methyl/N-ethyl adjacent to an activating group) is 1. The number of H-pyrrole nitrogens is 1. The molecule has 2 atom stereocenters. The van der Waals surface area contributed by atoms with Crippen molar-refractivity contribution in [2.75, 3.05) is 12.8 Å². The zero-order valence-corrected chi connectivity index (χ0v) is 11.2. The molecule has 0 aliphatic heterocycles. The van der Waals surface area contributed by atoms with E-state index in [1.54, 1.807) is 18.8 Å². The lowest BCUT2D eigenvalue weighted by atomic mass is 9.85. The summed E-state index contributed by atoms with van der Waals surface area (Å²) in [6, 6.07) is 0. The van der Waals surface area contributed by atoms with Gasteiger partial charge in [-0.25, -0.2) is 4.98 Å². The SMILES string of the molecule is CNC1(C(=O)O)CCCC1CCSc1ncn[nH]1. The minimum atomic E-state index is -0.734. The third-order valence-corrected chi connectivity index (χ3v) is 4.66. The van der Waals surface area contributed by atoms with Crippen LogP contribution in [-0.2, 0) is 4.79 Å². The number of carboxylic acid groups (broad SMARTS) is 1. The van der Waals surface area contributed by atoms with Gasteiger partial charge in [-0.3, -0.25) is 9.89 Å². The van der Waals surface area contributed by atoms with E-state index in [2.05, 4.69) is 20.5 Å². The fourth-order valence-corrected chi connectivity index (χ4v) is 3.58. The second-order valence-electron chi connectivity index (χ2n) is 4.54. The molecule has 1 aromatic heterocycles. The van der Waals surface area contributed by atoms with Gasteiger partial charge < -0.3 is 10.4 Å². The molecule has 100 valence electrons. The Bertz CT molecular complexity index is 398. The van der Waals surface area contributed by atoms with Crippen molar-refractivity contribution in [1.29, 1.82) is 0 Å². The molecule has 1 aliphatic carbocycles. The average molecular weight is 270 g/mol. The summed E-state index contributed by atoms with van der Waals surface area (Å²) in [5.74, 6) is 0.323. The number of carboxylic acids is 1. The largest absolute Gasteiger partial charge is 0.480 e. The second-order valence-corrected chi connectivity index (χ2v) is 5.63. The molecule has 0 spiro atoms. The van der Waals surface area contributed by atoms with Crippen LogP contribution in [0.5, 0.6) is 0 Å². The molecule has 2 unspecified atom stereocenters. The molecule has 0 aromatic carbocycles. The van der Waals surface area contributed by atoms with E-state index in [9.17, 15) is 9.90 Å². The number of thioether (sulfide) groups is 1. The van der Waals surface area contributed by atoms with E-state index in [0.717, 1.165) is 36.6 Å². The van der Waals surface area contributed by atoms with Gasteiger partial charge in [-0.2, -0.15) is 5.10 Å². The Kier molecular flexibility index (Phi) is 4.23. The molecule has 1 aromatic rings. The third kappa shape index (κ3) is 2.51. The summed E-state index contributed by atoms with van der Waals surface area (Å²) >= 11 is 1.59. The molecule has 18 heavy (non-hydrogen) atoms. The molecule has 0 bridgehead atoms. The minimum absolute atomic E-state index is 0.190. The number of hydrogen-bond acceptors (Lipinski definition) is 5. The molecule has 1 fully saturated rings. The maximum atomic E-state index is 11.5. The molecular weight excluding hydrogens is 252 g/mol. The van der Waals surface area contributed by atoms with Crippen LogP contribution in [0.1, 0.15) is 25.7 Å². The van der Waals surface area contributed by atoms with Crippen molar-refractivity contribution in [2.24, 2.45) is 5.92 Å². The van der Waals surface area contributed by atoms with Gasteiger partial charge in [0, 0.05) is 5.75 Å². The number of aromatic amines is 1. The second kappa shape index (κ2) is 5.71. The van der Waals surface area contributed by atoms with E-state index < -0.39 is 11.5 Å². The molecular formula is C11H18N4O2S. The smallest absolute Gasteiger partial charge is 0.324 e. The van der Waals surface area contributed by atoms with Crippen LogP contribution in [0.25, 0.3) is 0 Å². The average Bonchev–Trinajstić information content (AvgIpc) is 2.98. The summed E-state index contributed by atoms with van der Waals surface area (Å²) in [5, 5.41) is 19.8. The van der Waals surface area contributed by atoms with Gasteiger partial charge in [0.1, 0.15) is 11.9 Å². The highest BCUT2D eigenvalue weighted by Gasteiger charge is 2.47. The topological polar surface area (TPSA) is 90.9 Å². The van der Waals surface area contributed by atoms with Gasteiger partial charge in [-0.15, -0.1) is 0 Å². The highest BCUT2D eigenvalue weighted by Crippen LogP contribution is 2.38. The quantitative estimate of drug-likeness (QED) is 0.671. The normalized spacial score (nSPS) is 27.5. The van der Waals surface area contributed by atoms with Crippen LogP contribution in [0, 0.1) is 5.92 Å². The van der Waals surface area contributed by atoms with Crippen molar-refractivity contribution in [3.05, 3.63) is 6.33 Å². The molecule has 3 N–H and O–H groups in total. The Morgan fingerprint density at radius 2 is 2.61 bits per heavy atom. The summed E-state index contributed by atoms with van der Waals surface area (Å²) in [6.07, 6.45) is 5.02. The van der Waals surface area contributed by atoms with Crippen molar-refractivity contribution in [1.82, 2.24) is 20.5 Å². The van der Waals surface area contributed by atoms with E-state index in [4.69, 9.17) is 0 Å². The van der Waals surface area contributed by atoms with Gasteiger partial charge in [0.05, 0.1) is 0 Å². The maximum absolute atomic E-state index is 11.5. The first kappa shape index (κ1) is 13.4. The summed E-state index contributed by atoms with van der Waals surface area (Å²) in [7, 11) is 1.75. The molecule has 7 heteroatoms. The first-order valence-corrected chi connectivity index (χ1v) is 7.08. The number of carbonyl (C=O) groups is 1. The summed E-state index contributed by atoms with van der Waals surface area (Å²) in [6.45, 7) is 0. The van der Waals surface area contributed by atoms with Gasteiger partial charge in [-0.1, -0.05) is 18.2 Å². The number of nitrogens with one attached hydrogen (secondary N) is 2. The van der Waals surface area contributed by atoms with E-state index in [1.165, 1.54) is 6.33 Å². The molecule has 0 radical (unpaired) electrons. The lowest BCUT2D eigenvalue weighted by Gasteiger charge is -2.30. The number of hydrogen-bond donors (Lipinski definition) is 3. The standard InChI is InChI=1S/C11H18N4O2S/c1-12-11(9(16)17)5-2-3-8(11)4-6-18-10-13-7-14-15-10/h7-8,12H,2-6H2,1H3,(H,16,17)(H,13,14,15). The zero-order chi connectivity index (χ0) is 13.0. The van der Waals surface area contributed by atoms with Crippen LogP contribution in [0.4, 0.5) is 0 Å². The summed E-state index contributed by atoms with van der Waals surface area (Å²) in [5.41, 5.74) is -0.734. The summed E-state index contributed by atoms with van der Waals surface area (Å²) in [4.78, 5) is 15.5. The Hall–Kier alpha value is -1.08. The molecule has 1 heterocycles. The van der Waals surface area contributed by atoms with E-state index in [0.29, 0.717) is 0 Å². The van der Waals surface area contributed by atoms with Crippen molar-refractivity contribution in [3.63, 3.8) is 0 Å². The van der Waals surface area contributed by atoms with Crippen molar-refractivity contribution >= 4 is 17.7 Å². The van der Waals surface area contributed by atoms with Gasteiger partial charge in [0.25, 0.3) is 0 Å². The lowest BCUT2D eigenvalue weighted by molar-refractivity contribution is -0.146. The van der Waals surface area contributed by atoms with E-state index in [1.807, 2.05) is 0 Å². The predicted octanol–water partition coefficient (Wildman–Crippen LogP) is 1.13. The van der Waals surface area contributed by atoms with Crippen LogP contribution in [0.2, 0.25) is 0 Å². The van der Waals surface area contributed by atoms with Crippen LogP contribution in [0.15, 0.2) is 11.5 Å².